The van der Waals surface area contributed by atoms with Gasteiger partial charge in [0.1, 0.15) is 12.4 Å². The highest BCUT2D eigenvalue weighted by Gasteiger charge is 2.29. The van der Waals surface area contributed by atoms with E-state index in [1.165, 1.54) is 0 Å². The van der Waals surface area contributed by atoms with Gasteiger partial charge in [-0.05, 0) is 12.1 Å². The van der Waals surface area contributed by atoms with E-state index in [0.717, 1.165) is 32.7 Å². The van der Waals surface area contributed by atoms with Crippen molar-refractivity contribution in [3.63, 3.8) is 0 Å². The number of piperazine rings is 1. The fourth-order valence-corrected chi connectivity index (χ4v) is 2.86. The van der Waals surface area contributed by atoms with Crippen LogP contribution in [0.2, 0.25) is 10.0 Å². The number of halogens is 2. The van der Waals surface area contributed by atoms with E-state index in [-0.39, 0.29) is 11.3 Å². The second-order valence-electron chi connectivity index (χ2n) is 6.81. The van der Waals surface area contributed by atoms with Gasteiger partial charge in [0.25, 0.3) is 0 Å². The van der Waals surface area contributed by atoms with Crippen LogP contribution >= 0.6 is 23.2 Å². The van der Waals surface area contributed by atoms with Crippen LogP contribution in [-0.4, -0.2) is 55.0 Å². The fraction of sp³-hybridized carbons (Fsp3) is 0.588. The number of benzene rings is 1. The normalized spacial score (nSPS) is 16.5. The minimum absolute atomic E-state index is 0.221. The highest BCUT2D eigenvalue weighted by molar-refractivity contribution is 6.34. The molecule has 0 aromatic heterocycles. The summed E-state index contributed by atoms with van der Waals surface area (Å²) in [6.07, 6.45) is 0. The highest BCUT2D eigenvalue weighted by atomic mass is 35.5. The first kappa shape index (κ1) is 18.4. The minimum atomic E-state index is -0.311. The maximum absolute atomic E-state index is 12.3. The lowest BCUT2D eigenvalue weighted by Crippen LogP contribution is -2.52. The molecule has 1 heterocycles. The lowest BCUT2D eigenvalue weighted by atomic mass is 9.94. The topological polar surface area (TPSA) is 32.8 Å². The number of carbonyl (C=O) groups excluding carboxylic acids is 1. The molecule has 1 aliphatic rings. The predicted octanol–water partition coefficient (Wildman–Crippen LogP) is 3.56. The Balaban J connectivity index is 1.75. The molecule has 0 atom stereocenters. The van der Waals surface area contributed by atoms with E-state index in [1.807, 2.05) is 25.7 Å². The van der Waals surface area contributed by atoms with Crippen LogP contribution < -0.4 is 4.74 Å². The van der Waals surface area contributed by atoms with Crippen LogP contribution in [0, 0.1) is 5.41 Å². The second kappa shape index (κ2) is 7.73. The van der Waals surface area contributed by atoms with Crippen molar-refractivity contribution in [2.45, 2.75) is 20.8 Å². The number of carbonyl (C=O) groups is 1. The summed E-state index contributed by atoms with van der Waals surface area (Å²) in [6.45, 7) is 10.5. The molecule has 0 N–H and O–H groups in total. The zero-order valence-electron chi connectivity index (χ0n) is 13.9. The average molecular weight is 359 g/mol. The molecule has 0 aliphatic carbocycles. The molecule has 0 radical (unpaired) electrons. The predicted molar refractivity (Wildman–Crippen MR) is 94.4 cm³/mol. The first-order valence-electron chi connectivity index (χ1n) is 7.87. The monoisotopic (exact) mass is 358 g/mol. The number of nitrogens with zero attached hydrogens (tertiary/aromatic N) is 2. The summed E-state index contributed by atoms with van der Waals surface area (Å²) in [5, 5.41) is 1.17. The Labute approximate surface area is 148 Å². The SMILES string of the molecule is CC(C)(C)C(=O)N1CCN(CCOc2cc(Cl)ccc2Cl)CC1. The van der Waals surface area contributed by atoms with Gasteiger partial charge in [0.05, 0.1) is 5.02 Å². The molecule has 1 amide bonds. The van der Waals surface area contributed by atoms with Crippen LogP contribution in [0.4, 0.5) is 0 Å². The van der Waals surface area contributed by atoms with Crippen molar-refractivity contribution in [2.24, 2.45) is 5.41 Å². The highest BCUT2D eigenvalue weighted by Crippen LogP contribution is 2.27. The van der Waals surface area contributed by atoms with Gasteiger partial charge in [-0.15, -0.1) is 0 Å². The van der Waals surface area contributed by atoms with Crippen molar-refractivity contribution in [1.29, 1.82) is 0 Å². The molecular weight excluding hydrogens is 335 g/mol. The van der Waals surface area contributed by atoms with Crippen molar-refractivity contribution in [1.82, 2.24) is 9.80 Å². The van der Waals surface area contributed by atoms with E-state index < -0.39 is 0 Å². The van der Waals surface area contributed by atoms with E-state index in [1.54, 1.807) is 18.2 Å². The van der Waals surface area contributed by atoms with Gasteiger partial charge in [0, 0.05) is 49.2 Å². The number of hydrogen-bond acceptors (Lipinski definition) is 3. The van der Waals surface area contributed by atoms with Crippen molar-refractivity contribution in [2.75, 3.05) is 39.3 Å². The zero-order chi connectivity index (χ0) is 17.0. The zero-order valence-corrected chi connectivity index (χ0v) is 15.5. The quantitative estimate of drug-likeness (QED) is 0.824. The Morgan fingerprint density at radius 2 is 1.83 bits per heavy atom. The molecule has 0 saturated carbocycles. The number of rotatable bonds is 4. The number of ether oxygens (including phenoxy) is 1. The summed E-state index contributed by atoms with van der Waals surface area (Å²) < 4.78 is 5.71. The van der Waals surface area contributed by atoms with Crippen LogP contribution in [0.25, 0.3) is 0 Å². The van der Waals surface area contributed by atoms with E-state index in [4.69, 9.17) is 27.9 Å². The van der Waals surface area contributed by atoms with Crippen LogP contribution in [-0.2, 0) is 4.79 Å². The lowest BCUT2D eigenvalue weighted by molar-refractivity contribution is -0.141. The van der Waals surface area contributed by atoms with Crippen LogP contribution in [0.5, 0.6) is 5.75 Å². The van der Waals surface area contributed by atoms with Crippen molar-refractivity contribution >= 4 is 29.1 Å². The molecule has 1 fully saturated rings. The molecule has 1 aromatic carbocycles. The smallest absolute Gasteiger partial charge is 0.228 e. The Bertz CT molecular complexity index is 550. The van der Waals surface area contributed by atoms with Gasteiger partial charge >= 0.3 is 0 Å². The number of amides is 1. The van der Waals surface area contributed by atoms with Gasteiger partial charge in [-0.25, -0.2) is 0 Å². The van der Waals surface area contributed by atoms with E-state index in [0.29, 0.717) is 22.4 Å². The summed E-state index contributed by atoms with van der Waals surface area (Å²) in [4.78, 5) is 16.5. The van der Waals surface area contributed by atoms with Gasteiger partial charge in [0.2, 0.25) is 5.91 Å². The largest absolute Gasteiger partial charge is 0.491 e. The molecule has 23 heavy (non-hydrogen) atoms. The third-order valence-electron chi connectivity index (χ3n) is 3.86. The first-order valence-corrected chi connectivity index (χ1v) is 8.62. The summed E-state index contributed by atoms with van der Waals surface area (Å²) in [6, 6.07) is 5.20. The summed E-state index contributed by atoms with van der Waals surface area (Å²) in [5.41, 5.74) is -0.311. The van der Waals surface area contributed by atoms with Crippen LogP contribution in [0.1, 0.15) is 20.8 Å². The Morgan fingerprint density at radius 3 is 2.43 bits per heavy atom. The fourth-order valence-electron chi connectivity index (χ4n) is 2.52. The Kier molecular flexibility index (Phi) is 6.18. The molecule has 2 rings (SSSR count). The summed E-state index contributed by atoms with van der Waals surface area (Å²) in [7, 11) is 0. The van der Waals surface area contributed by atoms with Gasteiger partial charge in [-0.3, -0.25) is 9.69 Å². The van der Waals surface area contributed by atoms with Crippen molar-refractivity contribution < 1.29 is 9.53 Å². The van der Waals surface area contributed by atoms with Crippen LogP contribution in [0.15, 0.2) is 18.2 Å². The third kappa shape index (κ3) is 5.27. The lowest BCUT2D eigenvalue weighted by Gasteiger charge is -2.37. The molecule has 0 bridgehead atoms. The molecule has 6 heteroatoms. The van der Waals surface area contributed by atoms with E-state index >= 15 is 0 Å². The van der Waals surface area contributed by atoms with E-state index in [2.05, 4.69) is 4.90 Å². The standard InChI is InChI=1S/C17H24Cl2N2O2/c1-17(2,3)16(22)21-8-6-20(7-9-21)10-11-23-15-12-13(18)4-5-14(15)19/h4-5,12H,6-11H2,1-3H3. The van der Waals surface area contributed by atoms with Crippen molar-refractivity contribution in [3.8, 4) is 5.75 Å². The number of hydrogen-bond donors (Lipinski definition) is 0. The molecule has 0 unspecified atom stereocenters. The molecule has 1 aliphatic heterocycles. The van der Waals surface area contributed by atoms with Gasteiger partial charge in [0.15, 0.2) is 0 Å². The molecule has 1 saturated heterocycles. The first-order chi connectivity index (χ1) is 10.8. The second-order valence-corrected chi connectivity index (χ2v) is 7.65. The summed E-state index contributed by atoms with van der Waals surface area (Å²) >= 11 is 12.0. The Hall–Kier alpha value is -0.970. The molecule has 0 spiro atoms. The van der Waals surface area contributed by atoms with Gasteiger partial charge in [-0.1, -0.05) is 44.0 Å². The molecule has 1 aromatic rings. The molecule has 128 valence electrons. The maximum atomic E-state index is 12.3. The van der Waals surface area contributed by atoms with Gasteiger partial charge < -0.3 is 9.64 Å². The molecule has 4 nitrogen and oxygen atoms in total. The van der Waals surface area contributed by atoms with Crippen LogP contribution in [0.3, 0.4) is 0 Å². The van der Waals surface area contributed by atoms with E-state index in [9.17, 15) is 4.79 Å². The molecular formula is C17H24Cl2N2O2. The van der Waals surface area contributed by atoms with Gasteiger partial charge in [-0.2, -0.15) is 0 Å². The maximum Gasteiger partial charge on any atom is 0.228 e. The third-order valence-corrected chi connectivity index (χ3v) is 4.41. The average Bonchev–Trinajstić information content (AvgIpc) is 2.50. The minimum Gasteiger partial charge on any atom is -0.491 e. The van der Waals surface area contributed by atoms with Crippen molar-refractivity contribution in [3.05, 3.63) is 28.2 Å². The Morgan fingerprint density at radius 1 is 1.17 bits per heavy atom. The summed E-state index contributed by atoms with van der Waals surface area (Å²) in [5.74, 6) is 0.833.